The third kappa shape index (κ3) is 11.3. The first kappa shape index (κ1) is 47.9. The van der Waals surface area contributed by atoms with Gasteiger partial charge in [0.25, 0.3) is 0 Å². The van der Waals surface area contributed by atoms with Crippen LogP contribution in [0.4, 0.5) is 5.69 Å². The van der Waals surface area contributed by atoms with Gasteiger partial charge in [0.2, 0.25) is 0 Å². The molecule has 4 heteroatoms. The van der Waals surface area contributed by atoms with E-state index in [0.717, 1.165) is 78.7 Å². The fourth-order valence-electron chi connectivity index (χ4n) is 9.77. The van der Waals surface area contributed by atoms with E-state index in [2.05, 4.69) is 219 Å². The number of rotatable bonds is 15. The van der Waals surface area contributed by atoms with Crippen molar-refractivity contribution in [1.29, 1.82) is 0 Å². The lowest BCUT2D eigenvalue weighted by Gasteiger charge is -2.27. The molecule has 1 aromatic heterocycles. The highest BCUT2D eigenvalue weighted by atomic mass is 15.1. The Hall–Kier alpha value is -7.56. The van der Waals surface area contributed by atoms with Crippen LogP contribution < -0.4 is 4.90 Å². The maximum absolute atomic E-state index is 5.13. The van der Waals surface area contributed by atoms with Crippen LogP contribution in [0.25, 0.3) is 56.2 Å². The van der Waals surface area contributed by atoms with Crippen molar-refractivity contribution >= 4 is 63.2 Å². The van der Waals surface area contributed by atoms with Gasteiger partial charge in [-0.05, 0) is 151 Å². The van der Waals surface area contributed by atoms with Crippen molar-refractivity contribution in [1.82, 2.24) is 4.57 Å². The number of para-hydroxylation sites is 1. The van der Waals surface area contributed by atoms with Gasteiger partial charge in [-0.15, -0.1) is 0 Å². The Morgan fingerprint density at radius 3 is 2.59 bits per heavy atom. The minimum absolute atomic E-state index is 0.339. The third-order valence-corrected chi connectivity index (χ3v) is 13.2. The van der Waals surface area contributed by atoms with Crippen LogP contribution in [0.15, 0.2) is 205 Å². The highest BCUT2D eigenvalue weighted by Crippen LogP contribution is 2.45. The summed E-state index contributed by atoms with van der Waals surface area (Å²) in [5.74, 6) is 0.339. The van der Waals surface area contributed by atoms with Gasteiger partial charge in [0.15, 0.2) is 0 Å². The summed E-state index contributed by atoms with van der Waals surface area (Å²) in [6.07, 6.45) is 44.7. The van der Waals surface area contributed by atoms with E-state index in [1.165, 1.54) is 66.8 Å². The van der Waals surface area contributed by atoms with E-state index < -0.39 is 0 Å². The fourth-order valence-corrected chi connectivity index (χ4v) is 9.77. The van der Waals surface area contributed by atoms with Crippen molar-refractivity contribution in [2.24, 2.45) is 9.98 Å². The second-order valence-electron chi connectivity index (χ2n) is 18.2. The molecule has 0 N–H and O–H groups in total. The largest absolute Gasteiger partial charge is 0.370 e. The maximum atomic E-state index is 5.13. The van der Waals surface area contributed by atoms with Crippen molar-refractivity contribution in [3.63, 3.8) is 0 Å². The van der Waals surface area contributed by atoms with E-state index in [1.807, 2.05) is 18.4 Å². The van der Waals surface area contributed by atoms with Gasteiger partial charge in [0, 0.05) is 66.9 Å². The van der Waals surface area contributed by atoms with Crippen LogP contribution in [0.3, 0.4) is 0 Å². The van der Waals surface area contributed by atoms with E-state index in [9.17, 15) is 0 Å². The minimum atomic E-state index is 0.339. The predicted molar refractivity (Wildman–Crippen MR) is 304 cm³/mol. The molecule has 0 fully saturated rings. The van der Waals surface area contributed by atoms with Crippen molar-refractivity contribution in [3.8, 4) is 11.1 Å². The molecule has 0 saturated carbocycles. The van der Waals surface area contributed by atoms with Crippen LogP contribution in [0.2, 0.25) is 0 Å². The number of likely N-dealkylation sites (N-methyl/N-ethyl adjacent to an activating group) is 1. The predicted octanol–water partition coefficient (Wildman–Crippen LogP) is 16.9. The molecule has 2 aliphatic heterocycles. The molecule has 2 bridgehead atoms. The molecule has 8 rings (SSSR count). The Labute approximate surface area is 411 Å². The molecule has 0 amide bonds. The number of hydrogen-bond acceptors (Lipinski definition) is 3. The molecule has 3 aliphatic rings. The third-order valence-electron chi connectivity index (χ3n) is 13.2. The van der Waals surface area contributed by atoms with Crippen LogP contribution in [-0.4, -0.2) is 37.6 Å². The van der Waals surface area contributed by atoms with E-state index in [4.69, 9.17) is 11.6 Å². The van der Waals surface area contributed by atoms with Crippen molar-refractivity contribution in [2.45, 2.75) is 65.2 Å². The first-order valence-electron chi connectivity index (χ1n) is 24.6. The number of aliphatic imine (C=N–C) groups is 2. The molecule has 69 heavy (non-hydrogen) atoms. The summed E-state index contributed by atoms with van der Waals surface area (Å²) in [4.78, 5) is 11.5. The number of aromatic nitrogens is 1. The van der Waals surface area contributed by atoms with E-state index in [0.29, 0.717) is 5.92 Å². The average Bonchev–Trinajstić information content (AvgIpc) is 3.70. The molecular weight excluding hydrogens is 837 g/mol. The van der Waals surface area contributed by atoms with Crippen LogP contribution in [0.1, 0.15) is 97.9 Å². The molecule has 3 heterocycles. The first-order chi connectivity index (χ1) is 33.8. The van der Waals surface area contributed by atoms with Crippen molar-refractivity contribution < 1.29 is 0 Å². The highest BCUT2D eigenvalue weighted by Gasteiger charge is 2.29. The monoisotopic (exact) mass is 903 g/mol. The van der Waals surface area contributed by atoms with Gasteiger partial charge in [-0.25, -0.2) is 0 Å². The van der Waals surface area contributed by atoms with Gasteiger partial charge in [-0.3, -0.25) is 9.98 Å². The van der Waals surface area contributed by atoms with Gasteiger partial charge < -0.3 is 9.47 Å². The molecule has 346 valence electrons. The lowest BCUT2D eigenvalue weighted by atomic mass is 9.88. The zero-order valence-electron chi connectivity index (χ0n) is 41.2. The molecule has 1 aliphatic carbocycles. The first-order valence-corrected chi connectivity index (χ1v) is 24.6. The normalized spacial score (nSPS) is 18.5. The van der Waals surface area contributed by atoms with Gasteiger partial charge in [-0.2, -0.15) is 0 Å². The Balaban J connectivity index is 1.25. The Kier molecular flexibility index (Phi) is 15.9. The van der Waals surface area contributed by atoms with Crippen LogP contribution >= 0.6 is 0 Å². The number of benzene rings is 4. The summed E-state index contributed by atoms with van der Waals surface area (Å²) in [5, 5.41) is 1.19. The fraction of sp³-hybridized carbons (Fsp3) is 0.200. The maximum Gasteiger partial charge on any atom is 0.0686 e. The second-order valence-corrected chi connectivity index (χ2v) is 18.2. The number of allylic oxidation sites excluding steroid dienone is 19. The lowest BCUT2D eigenvalue weighted by Crippen LogP contribution is -2.21. The van der Waals surface area contributed by atoms with Crippen molar-refractivity contribution in [2.75, 3.05) is 25.5 Å². The van der Waals surface area contributed by atoms with E-state index >= 15 is 0 Å². The number of anilines is 1. The molecule has 0 saturated heterocycles. The molecule has 5 aromatic rings. The molecule has 1 atom stereocenters. The van der Waals surface area contributed by atoms with Gasteiger partial charge in [-0.1, -0.05) is 159 Å². The van der Waals surface area contributed by atoms with Crippen molar-refractivity contribution in [3.05, 3.63) is 234 Å². The summed E-state index contributed by atoms with van der Waals surface area (Å²) in [7, 11) is 3.96. The van der Waals surface area contributed by atoms with E-state index in [-0.39, 0.29) is 0 Å². The second kappa shape index (κ2) is 23.0. The quantitative estimate of drug-likeness (QED) is 0.0761. The van der Waals surface area contributed by atoms with Crippen LogP contribution in [0, 0.1) is 0 Å². The molecule has 0 radical (unpaired) electrons. The van der Waals surface area contributed by atoms with E-state index in [1.54, 1.807) is 13.3 Å². The Morgan fingerprint density at radius 2 is 1.74 bits per heavy atom. The topological polar surface area (TPSA) is 32.9 Å². The molecule has 0 spiro atoms. The smallest absolute Gasteiger partial charge is 0.0686 e. The summed E-state index contributed by atoms with van der Waals surface area (Å²) in [6.45, 7) is 16.4. The van der Waals surface area contributed by atoms with Crippen LogP contribution in [0.5, 0.6) is 0 Å². The Morgan fingerprint density at radius 1 is 0.884 bits per heavy atom. The summed E-state index contributed by atoms with van der Waals surface area (Å²) >= 11 is 0. The van der Waals surface area contributed by atoms with Gasteiger partial charge in [0.05, 0.1) is 16.9 Å². The molecule has 4 aromatic carbocycles. The molecular formula is C65H66N4. The summed E-state index contributed by atoms with van der Waals surface area (Å²) in [5.41, 5.74) is 19.8. The minimum Gasteiger partial charge on any atom is -0.370 e. The number of fused-ring (bicyclic) bond motifs is 2. The van der Waals surface area contributed by atoms with Crippen LogP contribution in [-0.2, 0) is 6.42 Å². The molecule has 1 unspecified atom stereocenters. The number of hydrogen-bond donors (Lipinski definition) is 0. The zero-order chi connectivity index (χ0) is 48.1. The standard InChI is InChI=1S/C65H66N4/c1-8-10-34-58(22-9-2)69-62-38-37-54(46-60(62)63-61-36-14-13-27-52(65(63)69)28-15-16-40-67-61)49(5)43-57(55-31-18-32-56(45-55)59-35-19-29-51-33-21-41-68(7)64(51)59)42-48(4)53-30-17-26-50(44-53)25-12-11-23-47(3)24-20-39-66-6/h9-12,15-24,26,29-40,42-46,52H,2,5,8,13-14,25,27-28,41H2,1,3-4,6-7H3/b12-11-,16-15-,24-20-,34-10-,47-23+,48-42+,57-43+,58-22+,61-36+,66-39?,67-40+. The SMILES string of the molecule is C=C/C=C(\C=C/CC)n1c2c(c3cc(C(=C)/C=C(\C=C(/C)c4cccc(C\C=C/C=C(C)/C=C\C=NC)c4)c4cccc(-c5cccc6c5N(C)CC=C6)c4)ccc31)C1=C/CCCC2C\C=C/C=N/1. The molecule has 4 nitrogen and oxygen atoms in total. The highest BCUT2D eigenvalue weighted by molar-refractivity contribution is 6.02. The number of nitrogens with zero attached hydrogens (tertiary/aromatic N) is 4. The summed E-state index contributed by atoms with van der Waals surface area (Å²) < 4.78 is 2.49. The Bertz CT molecular complexity index is 3120. The zero-order valence-corrected chi connectivity index (χ0v) is 41.2. The average molecular weight is 903 g/mol. The summed E-state index contributed by atoms with van der Waals surface area (Å²) in [6, 6.07) is 31.5. The van der Waals surface area contributed by atoms with Gasteiger partial charge in [0.1, 0.15) is 0 Å². The lowest BCUT2D eigenvalue weighted by molar-refractivity contribution is 0.579. The van der Waals surface area contributed by atoms with Gasteiger partial charge >= 0.3 is 0 Å².